The zero-order valence-electron chi connectivity index (χ0n) is 14.5. The predicted octanol–water partition coefficient (Wildman–Crippen LogP) is 3.82. The number of carbonyl (C=O) groups excluding carboxylic acids is 1. The molecule has 28 heavy (non-hydrogen) atoms. The summed E-state index contributed by atoms with van der Waals surface area (Å²) in [7, 11) is 1.58. The molecule has 3 aromatic rings. The fourth-order valence-electron chi connectivity index (χ4n) is 2.94. The van der Waals surface area contributed by atoms with E-state index in [0.29, 0.717) is 21.5 Å². The Morgan fingerprint density at radius 2 is 1.82 bits per heavy atom. The van der Waals surface area contributed by atoms with Gasteiger partial charge in [0.2, 0.25) is 11.0 Å². The quantitative estimate of drug-likeness (QED) is 0.271. The van der Waals surface area contributed by atoms with E-state index >= 15 is 0 Å². The van der Waals surface area contributed by atoms with Gasteiger partial charge in [-0.3, -0.25) is 19.8 Å². The van der Waals surface area contributed by atoms with Crippen LogP contribution in [-0.4, -0.2) is 33.5 Å². The van der Waals surface area contributed by atoms with Crippen molar-refractivity contribution in [1.82, 2.24) is 10.2 Å². The number of amides is 1. The van der Waals surface area contributed by atoms with E-state index in [1.807, 2.05) is 24.3 Å². The van der Waals surface area contributed by atoms with Crippen LogP contribution in [-0.2, 0) is 4.79 Å². The first-order valence-electron chi connectivity index (χ1n) is 8.19. The standard InChI is InChI=1S/C18H13ClN4O4S/c1-27-13-8-4-10(5-9-13)15-14(19)17(24)22(15)18-21-20-16(28-18)11-2-6-12(7-3-11)23(25)26/h2-9,14-15H,1H3. The maximum atomic E-state index is 12.4. The minimum atomic E-state index is -0.680. The molecule has 1 fully saturated rings. The van der Waals surface area contributed by atoms with Crippen LogP contribution in [0.2, 0.25) is 0 Å². The average Bonchev–Trinajstić information content (AvgIpc) is 3.20. The monoisotopic (exact) mass is 416 g/mol. The second-order valence-corrected chi connectivity index (χ2v) is 7.45. The maximum absolute atomic E-state index is 12.4. The van der Waals surface area contributed by atoms with Crippen molar-refractivity contribution < 1.29 is 14.5 Å². The Labute approximate surface area is 168 Å². The molecule has 1 aliphatic heterocycles. The molecule has 2 atom stereocenters. The number of halogens is 1. The molecular formula is C18H13ClN4O4S. The lowest BCUT2D eigenvalue weighted by atomic mass is 9.94. The summed E-state index contributed by atoms with van der Waals surface area (Å²) in [6, 6.07) is 13.0. The van der Waals surface area contributed by atoms with E-state index in [1.165, 1.54) is 28.4 Å². The highest BCUT2D eigenvalue weighted by molar-refractivity contribution is 7.18. The first-order chi connectivity index (χ1) is 13.5. The molecule has 1 saturated heterocycles. The van der Waals surface area contributed by atoms with Crippen molar-refractivity contribution in [1.29, 1.82) is 0 Å². The summed E-state index contributed by atoms with van der Waals surface area (Å²) in [5, 5.41) is 19.3. The third-order valence-corrected chi connectivity index (χ3v) is 5.83. The summed E-state index contributed by atoms with van der Waals surface area (Å²) < 4.78 is 5.16. The first kappa shape index (κ1) is 18.3. The number of hydrogen-bond donors (Lipinski definition) is 0. The molecule has 0 saturated carbocycles. The summed E-state index contributed by atoms with van der Waals surface area (Å²) in [5.41, 5.74) is 1.55. The normalized spacial score (nSPS) is 18.6. The maximum Gasteiger partial charge on any atom is 0.269 e. The molecule has 1 amide bonds. The van der Waals surface area contributed by atoms with Gasteiger partial charge in [0.15, 0.2) is 0 Å². The van der Waals surface area contributed by atoms with Gasteiger partial charge in [0, 0.05) is 17.7 Å². The van der Waals surface area contributed by atoms with Gasteiger partial charge in [-0.25, -0.2) is 0 Å². The van der Waals surface area contributed by atoms with Crippen molar-refractivity contribution in [3.05, 3.63) is 64.2 Å². The molecule has 1 aliphatic rings. The van der Waals surface area contributed by atoms with Crippen LogP contribution in [0.15, 0.2) is 48.5 Å². The summed E-state index contributed by atoms with van der Waals surface area (Å²) in [6.07, 6.45) is 0. The lowest BCUT2D eigenvalue weighted by Gasteiger charge is -2.42. The van der Waals surface area contributed by atoms with Crippen LogP contribution in [0.4, 0.5) is 10.8 Å². The molecular weight excluding hydrogens is 404 g/mol. The van der Waals surface area contributed by atoms with E-state index in [4.69, 9.17) is 16.3 Å². The van der Waals surface area contributed by atoms with E-state index in [2.05, 4.69) is 10.2 Å². The highest BCUT2D eigenvalue weighted by atomic mass is 35.5. The smallest absolute Gasteiger partial charge is 0.269 e. The van der Waals surface area contributed by atoms with Crippen molar-refractivity contribution in [3.8, 4) is 16.3 Å². The molecule has 2 heterocycles. The molecule has 2 unspecified atom stereocenters. The molecule has 0 bridgehead atoms. The van der Waals surface area contributed by atoms with Gasteiger partial charge in [0.25, 0.3) is 5.69 Å². The molecule has 8 nitrogen and oxygen atoms in total. The SMILES string of the molecule is COc1ccc(C2C(Cl)C(=O)N2c2nnc(-c3ccc([N+](=O)[O-])cc3)s2)cc1. The second kappa shape index (κ2) is 7.17. The van der Waals surface area contributed by atoms with Gasteiger partial charge < -0.3 is 4.74 Å². The van der Waals surface area contributed by atoms with Gasteiger partial charge in [-0.1, -0.05) is 23.5 Å². The molecule has 4 rings (SSSR count). The number of hydrogen-bond acceptors (Lipinski definition) is 7. The van der Waals surface area contributed by atoms with Crippen LogP contribution in [0.3, 0.4) is 0 Å². The number of nitro groups is 1. The number of benzene rings is 2. The number of β-lactam (4-membered cyclic amide) rings is 1. The van der Waals surface area contributed by atoms with Gasteiger partial charge in [-0.05, 0) is 29.8 Å². The largest absolute Gasteiger partial charge is 0.497 e. The summed E-state index contributed by atoms with van der Waals surface area (Å²) in [6.45, 7) is 0. The van der Waals surface area contributed by atoms with Crippen molar-refractivity contribution >= 4 is 39.7 Å². The van der Waals surface area contributed by atoms with Gasteiger partial charge in [-0.2, -0.15) is 0 Å². The van der Waals surface area contributed by atoms with Gasteiger partial charge in [0.05, 0.1) is 18.1 Å². The van der Waals surface area contributed by atoms with Crippen molar-refractivity contribution in [3.63, 3.8) is 0 Å². The zero-order valence-corrected chi connectivity index (χ0v) is 16.1. The second-order valence-electron chi connectivity index (χ2n) is 6.02. The lowest BCUT2D eigenvalue weighted by Crippen LogP contribution is -2.56. The van der Waals surface area contributed by atoms with Crippen molar-refractivity contribution in [2.45, 2.75) is 11.4 Å². The lowest BCUT2D eigenvalue weighted by molar-refractivity contribution is -0.384. The van der Waals surface area contributed by atoms with Crippen molar-refractivity contribution in [2.75, 3.05) is 12.0 Å². The number of rotatable bonds is 5. The summed E-state index contributed by atoms with van der Waals surface area (Å²) in [5.74, 6) is 0.470. The van der Waals surface area contributed by atoms with Gasteiger partial charge in [-0.15, -0.1) is 21.8 Å². The molecule has 142 valence electrons. The number of nitrogens with zero attached hydrogens (tertiary/aromatic N) is 4. The highest BCUT2D eigenvalue weighted by Crippen LogP contribution is 2.44. The molecule has 0 N–H and O–H groups in total. The molecule has 2 aromatic carbocycles. The molecule has 0 spiro atoms. The van der Waals surface area contributed by atoms with E-state index in [-0.39, 0.29) is 17.6 Å². The Morgan fingerprint density at radius 1 is 1.14 bits per heavy atom. The van der Waals surface area contributed by atoms with Crippen LogP contribution in [0.1, 0.15) is 11.6 Å². The number of non-ortho nitro benzene ring substituents is 1. The molecule has 0 radical (unpaired) electrons. The molecule has 1 aromatic heterocycles. The number of nitro benzene ring substituents is 1. The van der Waals surface area contributed by atoms with Crippen LogP contribution in [0, 0.1) is 10.1 Å². The van der Waals surface area contributed by atoms with E-state index in [9.17, 15) is 14.9 Å². The molecule has 0 aliphatic carbocycles. The third-order valence-electron chi connectivity index (χ3n) is 4.43. The summed E-state index contributed by atoms with van der Waals surface area (Å²) >= 11 is 7.49. The average molecular weight is 417 g/mol. The fraction of sp³-hybridized carbons (Fsp3) is 0.167. The van der Waals surface area contributed by atoms with E-state index in [1.54, 1.807) is 19.2 Å². The van der Waals surface area contributed by atoms with E-state index < -0.39 is 10.3 Å². The Bertz CT molecular complexity index is 1040. The van der Waals surface area contributed by atoms with Crippen LogP contribution in [0.5, 0.6) is 5.75 Å². The van der Waals surface area contributed by atoms with Crippen molar-refractivity contribution in [2.24, 2.45) is 0 Å². The Kier molecular flexibility index (Phi) is 4.70. The minimum absolute atomic E-state index is 0.00374. The Balaban J connectivity index is 1.61. The number of alkyl halides is 1. The third kappa shape index (κ3) is 3.08. The topological polar surface area (TPSA) is 98.5 Å². The Hall–Kier alpha value is -3.04. The van der Waals surface area contributed by atoms with Crippen LogP contribution >= 0.6 is 22.9 Å². The number of aromatic nitrogens is 2. The number of carbonyl (C=O) groups is 1. The zero-order chi connectivity index (χ0) is 19.8. The number of methoxy groups -OCH3 is 1. The highest BCUT2D eigenvalue weighted by Gasteiger charge is 2.49. The minimum Gasteiger partial charge on any atom is -0.497 e. The molecule has 10 heteroatoms. The number of ether oxygens (including phenoxy) is 1. The van der Waals surface area contributed by atoms with Gasteiger partial charge in [0.1, 0.15) is 16.1 Å². The Morgan fingerprint density at radius 3 is 2.43 bits per heavy atom. The summed E-state index contributed by atoms with van der Waals surface area (Å²) in [4.78, 5) is 24.2. The fourth-order valence-corrected chi connectivity index (χ4v) is 4.20. The van der Waals surface area contributed by atoms with Crippen LogP contribution < -0.4 is 9.64 Å². The van der Waals surface area contributed by atoms with Crippen LogP contribution in [0.25, 0.3) is 10.6 Å². The van der Waals surface area contributed by atoms with Gasteiger partial charge >= 0.3 is 0 Å². The predicted molar refractivity (Wildman–Crippen MR) is 105 cm³/mol. The first-order valence-corrected chi connectivity index (χ1v) is 9.44. The van der Waals surface area contributed by atoms with E-state index in [0.717, 1.165) is 5.56 Å². The number of anilines is 1.